The number of hydrogen-bond acceptors (Lipinski definition) is 3. The predicted octanol–water partition coefficient (Wildman–Crippen LogP) is 1.80. The molecule has 2 saturated carbocycles. The van der Waals surface area contributed by atoms with E-state index in [1.165, 1.54) is 0 Å². The number of aliphatic carboxylic acids is 1. The van der Waals surface area contributed by atoms with E-state index in [-0.39, 0.29) is 23.7 Å². The van der Waals surface area contributed by atoms with E-state index in [1.807, 2.05) is 0 Å². The molecule has 0 bridgehead atoms. The van der Waals surface area contributed by atoms with Crippen molar-refractivity contribution in [3.05, 3.63) is 0 Å². The maximum Gasteiger partial charge on any atom is 0.330 e. The molecular formula is C15H21NO4. The van der Waals surface area contributed by atoms with Gasteiger partial charge in [0.15, 0.2) is 0 Å². The summed E-state index contributed by atoms with van der Waals surface area (Å²) in [7, 11) is 0. The van der Waals surface area contributed by atoms with E-state index in [2.05, 4.69) is 6.92 Å². The third-order valence-electron chi connectivity index (χ3n) is 5.52. The second-order valence-corrected chi connectivity index (χ2v) is 6.68. The SMILES string of the molecule is CC1CCC(C(=O)O)(N2C(=O)C3CCCC3C2=O)CC1. The van der Waals surface area contributed by atoms with Crippen molar-refractivity contribution in [1.29, 1.82) is 0 Å². The summed E-state index contributed by atoms with van der Waals surface area (Å²) in [5.74, 6) is -1.50. The smallest absolute Gasteiger partial charge is 0.330 e. The van der Waals surface area contributed by atoms with Crippen molar-refractivity contribution >= 4 is 17.8 Å². The average Bonchev–Trinajstić information content (AvgIpc) is 2.97. The van der Waals surface area contributed by atoms with Crippen molar-refractivity contribution in [2.45, 2.75) is 57.4 Å². The number of carbonyl (C=O) groups is 3. The van der Waals surface area contributed by atoms with Crippen LogP contribution >= 0.6 is 0 Å². The number of fused-ring (bicyclic) bond motifs is 1. The van der Waals surface area contributed by atoms with Crippen molar-refractivity contribution in [2.24, 2.45) is 17.8 Å². The number of likely N-dealkylation sites (tertiary alicyclic amines) is 1. The zero-order chi connectivity index (χ0) is 14.5. The molecule has 0 radical (unpaired) electrons. The second kappa shape index (κ2) is 4.57. The molecule has 3 aliphatic rings. The van der Waals surface area contributed by atoms with Gasteiger partial charge >= 0.3 is 5.97 Å². The van der Waals surface area contributed by atoms with Crippen molar-refractivity contribution < 1.29 is 19.5 Å². The van der Waals surface area contributed by atoms with Crippen LogP contribution in [-0.4, -0.2) is 33.3 Å². The number of carbonyl (C=O) groups excluding carboxylic acids is 2. The van der Waals surface area contributed by atoms with Crippen LogP contribution in [0, 0.1) is 17.8 Å². The molecule has 0 aromatic rings. The molecule has 2 amide bonds. The van der Waals surface area contributed by atoms with E-state index < -0.39 is 11.5 Å². The van der Waals surface area contributed by atoms with Crippen molar-refractivity contribution in [3.63, 3.8) is 0 Å². The molecule has 3 fully saturated rings. The van der Waals surface area contributed by atoms with Crippen LogP contribution in [0.2, 0.25) is 0 Å². The Kier molecular flexibility index (Phi) is 3.10. The number of imide groups is 1. The summed E-state index contributed by atoms with van der Waals surface area (Å²) in [5, 5.41) is 9.69. The number of carboxylic acid groups (broad SMARTS) is 1. The Labute approximate surface area is 118 Å². The lowest BCUT2D eigenvalue weighted by Crippen LogP contribution is -2.59. The fraction of sp³-hybridized carbons (Fsp3) is 0.800. The van der Waals surface area contributed by atoms with Crippen LogP contribution in [0.4, 0.5) is 0 Å². The van der Waals surface area contributed by atoms with Gasteiger partial charge in [0.25, 0.3) is 0 Å². The normalized spacial score (nSPS) is 41.0. The van der Waals surface area contributed by atoms with Crippen LogP contribution in [0.15, 0.2) is 0 Å². The summed E-state index contributed by atoms with van der Waals surface area (Å²) in [6, 6.07) is 0. The summed E-state index contributed by atoms with van der Waals surface area (Å²) in [5.41, 5.74) is -1.27. The number of nitrogens with zero attached hydrogens (tertiary/aromatic N) is 1. The highest BCUT2D eigenvalue weighted by Crippen LogP contribution is 2.46. The van der Waals surface area contributed by atoms with E-state index in [9.17, 15) is 19.5 Å². The van der Waals surface area contributed by atoms with Gasteiger partial charge in [-0.25, -0.2) is 4.79 Å². The molecule has 0 spiro atoms. The number of amides is 2. The minimum Gasteiger partial charge on any atom is -0.479 e. The molecule has 2 unspecified atom stereocenters. The molecule has 2 aliphatic carbocycles. The molecule has 2 atom stereocenters. The van der Waals surface area contributed by atoms with Crippen LogP contribution in [-0.2, 0) is 14.4 Å². The van der Waals surface area contributed by atoms with Gasteiger partial charge in [-0.3, -0.25) is 14.5 Å². The lowest BCUT2D eigenvalue weighted by Gasteiger charge is -2.41. The minimum atomic E-state index is -1.27. The molecule has 0 aromatic carbocycles. The van der Waals surface area contributed by atoms with Crippen molar-refractivity contribution in [1.82, 2.24) is 4.90 Å². The minimum absolute atomic E-state index is 0.227. The first-order chi connectivity index (χ1) is 9.47. The summed E-state index contributed by atoms with van der Waals surface area (Å²) in [6.07, 6.45) is 4.70. The Hall–Kier alpha value is -1.39. The average molecular weight is 279 g/mol. The Balaban J connectivity index is 1.94. The van der Waals surface area contributed by atoms with E-state index in [0.717, 1.165) is 37.0 Å². The van der Waals surface area contributed by atoms with Gasteiger partial charge in [-0.05, 0) is 44.4 Å². The molecule has 1 N–H and O–H groups in total. The molecule has 0 aromatic heterocycles. The second-order valence-electron chi connectivity index (χ2n) is 6.68. The highest BCUT2D eigenvalue weighted by Gasteiger charge is 2.59. The van der Waals surface area contributed by atoms with Crippen LogP contribution in [0.3, 0.4) is 0 Å². The topological polar surface area (TPSA) is 74.7 Å². The van der Waals surface area contributed by atoms with Crippen LogP contribution in [0.5, 0.6) is 0 Å². The quantitative estimate of drug-likeness (QED) is 0.782. The zero-order valence-electron chi connectivity index (χ0n) is 11.8. The molecular weight excluding hydrogens is 258 g/mol. The van der Waals surface area contributed by atoms with Crippen LogP contribution in [0.25, 0.3) is 0 Å². The van der Waals surface area contributed by atoms with Crippen molar-refractivity contribution in [2.75, 3.05) is 0 Å². The molecule has 1 heterocycles. The Morgan fingerprint density at radius 2 is 1.60 bits per heavy atom. The van der Waals surface area contributed by atoms with Gasteiger partial charge in [0.05, 0.1) is 11.8 Å². The molecule has 20 heavy (non-hydrogen) atoms. The van der Waals surface area contributed by atoms with Gasteiger partial charge in [0.2, 0.25) is 11.8 Å². The maximum absolute atomic E-state index is 12.5. The predicted molar refractivity (Wildman–Crippen MR) is 70.7 cm³/mol. The largest absolute Gasteiger partial charge is 0.479 e. The molecule has 1 saturated heterocycles. The summed E-state index contributed by atoms with van der Waals surface area (Å²) >= 11 is 0. The summed E-state index contributed by atoms with van der Waals surface area (Å²) in [6.45, 7) is 2.09. The number of rotatable bonds is 2. The summed E-state index contributed by atoms with van der Waals surface area (Å²) in [4.78, 5) is 38.0. The van der Waals surface area contributed by atoms with Gasteiger partial charge in [-0.1, -0.05) is 13.3 Å². The highest BCUT2D eigenvalue weighted by atomic mass is 16.4. The highest BCUT2D eigenvalue weighted by molar-refractivity contribution is 6.09. The Bertz CT molecular complexity index is 442. The Morgan fingerprint density at radius 3 is 2.05 bits per heavy atom. The van der Waals surface area contributed by atoms with E-state index in [4.69, 9.17) is 0 Å². The van der Waals surface area contributed by atoms with Gasteiger partial charge in [-0.15, -0.1) is 0 Å². The van der Waals surface area contributed by atoms with Gasteiger partial charge in [0.1, 0.15) is 5.54 Å². The van der Waals surface area contributed by atoms with Crippen molar-refractivity contribution in [3.8, 4) is 0 Å². The first-order valence-corrected chi connectivity index (χ1v) is 7.58. The van der Waals surface area contributed by atoms with Gasteiger partial charge in [-0.2, -0.15) is 0 Å². The third-order valence-corrected chi connectivity index (χ3v) is 5.52. The Morgan fingerprint density at radius 1 is 1.10 bits per heavy atom. The van der Waals surface area contributed by atoms with E-state index in [1.54, 1.807) is 0 Å². The first-order valence-electron chi connectivity index (χ1n) is 7.58. The molecule has 5 nitrogen and oxygen atoms in total. The monoisotopic (exact) mass is 279 g/mol. The van der Waals surface area contributed by atoms with Gasteiger partial charge < -0.3 is 5.11 Å². The molecule has 110 valence electrons. The summed E-state index contributed by atoms with van der Waals surface area (Å²) < 4.78 is 0. The van der Waals surface area contributed by atoms with Crippen LogP contribution in [0.1, 0.15) is 51.9 Å². The van der Waals surface area contributed by atoms with E-state index in [0.29, 0.717) is 18.8 Å². The fourth-order valence-corrected chi connectivity index (χ4v) is 4.19. The molecule has 5 heteroatoms. The lowest BCUT2D eigenvalue weighted by atomic mass is 9.76. The first kappa shape index (κ1) is 13.6. The number of hydrogen-bond donors (Lipinski definition) is 1. The lowest BCUT2D eigenvalue weighted by molar-refractivity contribution is -0.167. The fourth-order valence-electron chi connectivity index (χ4n) is 4.19. The maximum atomic E-state index is 12.5. The molecule has 1 aliphatic heterocycles. The van der Waals surface area contributed by atoms with E-state index >= 15 is 0 Å². The van der Waals surface area contributed by atoms with Crippen LogP contribution < -0.4 is 0 Å². The third kappa shape index (κ3) is 1.71. The standard InChI is InChI=1S/C15H21NO4/c1-9-5-7-15(8-6-9,14(19)20)16-12(17)10-3-2-4-11(10)13(16)18/h9-11H,2-8H2,1H3,(H,19,20). The van der Waals surface area contributed by atoms with Gasteiger partial charge in [0, 0.05) is 0 Å². The zero-order valence-corrected chi connectivity index (χ0v) is 11.8. The number of carboxylic acids is 1. The molecule has 3 rings (SSSR count).